The molecule has 0 amide bonds. The molecule has 0 saturated carbocycles. The number of ketones is 1. The first-order valence-electron chi connectivity index (χ1n) is 9.15. The molecule has 1 aromatic rings. The molecule has 0 radical (unpaired) electrons. The highest BCUT2D eigenvalue weighted by atomic mass is 16.7. The maximum absolute atomic E-state index is 12.1. The van der Waals surface area contributed by atoms with Gasteiger partial charge in [0.2, 0.25) is 5.79 Å². The fraction of sp³-hybridized carbons (Fsp3) is 0.364. The van der Waals surface area contributed by atoms with Crippen LogP contribution in [0.15, 0.2) is 66.0 Å². The number of rotatable bonds is 9. The van der Waals surface area contributed by atoms with Crippen molar-refractivity contribution in [2.75, 3.05) is 7.11 Å². The summed E-state index contributed by atoms with van der Waals surface area (Å²) in [5.74, 6) is -1.83. The molecular formula is C22H26O5. The molecule has 1 aliphatic rings. The van der Waals surface area contributed by atoms with E-state index in [1.165, 1.54) is 13.2 Å². The number of aliphatic hydroxyl groups is 1. The number of ether oxygens (including phenoxy) is 2. The zero-order valence-corrected chi connectivity index (χ0v) is 15.8. The van der Waals surface area contributed by atoms with E-state index < -0.39 is 5.79 Å². The van der Waals surface area contributed by atoms with Gasteiger partial charge in [-0.05, 0) is 30.7 Å². The van der Waals surface area contributed by atoms with E-state index in [1.54, 1.807) is 42.5 Å². The Kier molecular flexibility index (Phi) is 7.55. The molecule has 0 saturated heterocycles. The first-order valence-corrected chi connectivity index (χ1v) is 9.15. The number of carbonyl (C=O) groups is 2. The van der Waals surface area contributed by atoms with E-state index >= 15 is 0 Å². The molecule has 0 aliphatic heterocycles. The van der Waals surface area contributed by atoms with Crippen LogP contribution in [-0.4, -0.2) is 29.8 Å². The molecule has 27 heavy (non-hydrogen) atoms. The van der Waals surface area contributed by atoms with Crippen LogP contribution in [0.5, 0.6) is 0 Å². The summed E-state index contributed by atoms with van der Waals surface area (Å²) >= 11 is 0. The minimum Gasteiger partial charge on any atom is -0.511 e. The molecule has 0 bridgehead atoms. The van der Waals surface area contributed by atoms with Crippen molar-refractivity contribution in [3.63, 3.8) is 0 Å². The summed E-state index contributed by atoms with van der Waals surface area (Å²) in [6.07, 6.45) is 9.19. The van der Waals surface area contributed by atoms with Crippen molar-refractivity contribution in [3.8, 4) is 0 Å². The molecule has 0 aromatic heterocycles. The molecule has 144 valence electrons. The number of esters is 1. The van der Waals surface area contributed by atoms with Gasteiger partial charge in [0.25, 0.3) is 0 Å². The van der Waals surface area contributed by atoms with Crippen LogP contribution in [0.1, 0.15) is 49.4 Å². The third kappa shape index (κ3) is 5.93. The molecule has 0 fully saturated rings. The van der Waals surface area contributed by atoms with Gasteiger partial charge in [0.05, 0.1) is 6.42 Å². The number of methoxy groups -OCH3 is 1. The first-order chi connectivity index (χ1) is 13.0. The van der Waals surface area contributed by atoms with Gasteiger partial charge in [-0.2, -0.15) is 0 Å². The Hall–Kier alpha value is -2.66. The third-order valence-corrected chi connectivity index (χ3v) is 4.35. The lowest BCUT2D eigenvalue weighted by Crippen LogP contribution is -2.37. The molecule has 5 heteroatoms. The molecule has 1 atom stereocenters. The number of carbonyl (C=O) groups excluding carboxylic acids is 2. The van der Waals surface area contributed by atoms with E-state index in [-0.39, 0.29) is 23.9 Å². The second kappa shape index (κ2) is 9.88. The maximum Gasteiger partial charge on any atom is 0.308 e. The van der Waals surface area contributed by atoms with Gasteiger partial charge in [0.15, 0.2) is 5.78 Å². The van der Waals surface area contributed by atoms with Gasteiger partial charge >= 0.3 is 5.97 Å². The van der Waals surface area contributed by atoms with E-state index in [2.05, 4.69) is 6.92 Å². The number of unbranched alkanes of at least 4 members (excludes halogenated alkanes) is 2. The van der Waals surface area contributed by atoms with Crippen molar-refractivity contribution in [1.82, 2.24) is 0 Å². The van der Waals surface area contributed by atoms with Crippen LogP contribution >= 0.6 is 0 Å². The lowest BCUT2D eigenvalue weighted by atomic mass is 9.98. The lowest BCUT2D eigenvalue weighted by Gasteiger charge is -2.31. The molecule has 1 aromatic carbocycles. The van der Waals surface area contributed by atoms with Gasteiger partial charge in [-0.1, -0.05) is 50.1 Å². The normalized spacial score (nSPS) is 19.5. The summed E-state index contributed by atoms with van der Waals surface area (Å²) in [5.41, 5.74) is 1.05. The fourth-order valence-electron chi connectivity index (χ4n) is 2.74. The second-order valence-corrected chi connectivity index (χ2v) is 6.42. The standard InChI is InChI=1S/C22H26O5/c1-3-4-6-11-21(25)27-22(26-2)15-14-18(20(24)16-22)12-13-19(23)17-9-7-5-8-10-17/h5,7-10,12-15,24H,3-4,6,11,16H2,1-2H3. The first kappa shape index (κ1) is 20.6. The minimum atomic E-state index is -1.31. The third-order valence-electron chi connectivity index (χ3n) is 4.35. The molecule has 2 rings (SSSR count). The Morgan fingerprint density at radius 1 is 1.22 bits per heavy atom. The van der Waals surface area contributed by atoms with E-state index in [9.17, 15) is 14.7 Å². The monoisotopic (exact) mass is 370 g/mol. The predicted molar refractivity (Wildman–Crippen MR) is 103 cm³/mol. The van der Waals surface area contributed by atoms with Crippen LogP contribution < -0.4 is 0 Å². The molecule has 1 N–H and O–H groups in total. The average Bonchev–Trinajstić information content (AvgIpc) is 2.68. The molecule has 1 unspecified atom stereocenters. The number of allylic oxidation sites excluding steroid dienone is 4. The number of hydrogen-bond donors (Lipinski definition) is 1. The van der Waals surface area contributed by atoms with E-state index in [4.69, 9.17) is 9.47 Å². The summed E-state index contributed by atoms with van der Waals surface area (Å²) in [6.45, 7) is 2.06. The highest BCUT2D eigenvalue weighted by Gasteiger charge is 2.35. The quantitative estimate of drug-likeness (QED) is 0.225. The van der Waals surface area contributed by atoms with Gasteiger partial charge in [0.1, 0.15) is 5.76 Å². The number of hydrogen-bond acceptors (Lipinski definition) is 5. The van der Waals surface area contributed by atoms with Crippen LogP contribution in [-0.2, 0) is 14.3 Å². The van der Waals surface area contributed by atoms with Crippen molar-refractivity contribution < 1.29 is 24.2 Å². The van der Waals surface area contributed by atoms with Crippen LogP contribution in [0, 0.1) is 0 Å². The topological polar surface area (TPSA) is 72.8 Å². The SMILES string of the molecule is CCCCCC(=O)OC1(OC)C=CC(C=CC(=O)c2ccccc2)=C(O)C1. The van der Waals surface area contributed by atoms with Crippen LogP contribution in [0.3, 0.4) is 0 Å². The van der Waals surface area contributed by atoms with Gasteiger partial charge in [-0.15, -0.1) is 0 Å². The summed E-state index contributed by atoms with van der Waals surface area (Å²) in [4.78, 5) is 24.2. The summed E-state index contributed by atoms with van der Waals surface area (Å²) in [6, 6.07) is 8.88. The molecule has 0 heterocycles. The zero-order valence-electron chi connectivity index (χ0n) is 15.8. The fourth-order valence-corrected chi connectivity index (χ4v) is 2.74. The Morgan fingerprint density at radius 2 is 1.96 bits per heavy atom. The average molecular weight is 370 g/mol. The van der Waals surface area contributed by atoms with E-state index in [0.29, 0.717) is 17.6 Å². The van der Waals surface area contributed by atoms with Crippen molar-refractivity contribution in [2.45, 2.75) is 44.8 Å². The Morgan fingerprint density at radius 3 is 2.59 bits per heavy atom. The van der Waals surface area contributed by atoms with Gasteiger partial charge in [-0.25, -0.2) is 0 Å². The largest absolute Gasteiger partial charge is 0.511 e. The number of benzene rings is 1. The zero-order chi connectivity index (χ0) is 19.7. The summed E-state index contributed by atoms with van der Waals surface area (Å²) in [7, 11) is 1.43. The molecule has 1 aliphatic carbocycles. The van der Waals surface area contributed by atoms with Crippen LogP contribution in [0.4, 0.5) is 0 Å². The van der Waals surface area contributed by atoms with Crippen LogP contribution in [0.2, 0.25) is 0 Å². The summed E-state index contributed by atoms with van der Waals surface area (Å²) in [5, 5.41) is 10.3. The molecular weight excluding hydrogens is 344 g/mol. The second-order valence-electron chi connectivity index (χ2n) is 6.42. The Balaban J connectivity index is 2.02. The smallest absolute Gasteiger partial charge is 0.308 e. The highest BCUT2D eigenvalue weighted by Crippen LogP contribution is 2.31. The summed E-state index contributed by atoms with van der Waals surface area (Å²) < 4.78 is 10.8. The molecule has 0 spiro atoms. The van der Waals surface area contributed by atoms with Crippen molar-refractivity contribution in [1.29, 1.82) is 0 Å². The minimum absolute atomic E-state index is 0.00127. The van der Waals surface area contributed by atoms with Crippen LogP contribution in [0.25, 0.3) is 0 Å². The van der Waals surface area contributed by atoms with E-state index in [0.717, 1.165) is 19.3 Å². The maximum atomic E-state index is 12.1. The molecule has 5 nitrogen and oxygen atoms in total. The van der Waals surface area contributed by atoms with E-state index in [1.807, 2.05) is 6.07 Å². The van der Waals surface area contributed by atoms with Crippen molar-refractivity contribution >= 4 is 11.8 Å². The lowest BCUT2D eigenvalue weighted by molar-refractivity contribution is -0.202. The van der Waals surface area contributed by atoms with Gasteiger partial charge in [0, 0.05) is 24.7 Å². The number of aliphatic hydroxyl groups excluding tert-OH is 1. The van der Waals surface area contributed by atoms with Gasteiger partial charge < -0.3 is 14.6 Å². The van der Waals surface area contributed by atoms with Crippen molar-refractivity contribution in [2.24, 2.45) is 0 Å². The van der Waals surface area contributed by atoms with Gasteiger partial charge in [-0.3, -0.25) is 9.59 Å². The highest BCUT2D eigenvalue weighted by molar-refractivity contribution is 6.04. The Labute approximate surface area is 160 Å². The van der Waals surface area contributed by atoms with Crippen molar-refractivity contribution in [3.05, 3.63) is 71.5 Å². The Bertz CT molecular complexity index is 745. The predicted octanol–water partition coefficient (Wildman–Crippen LogP) is 4.66.